The molecule has 3 rings (SSSR count). The zero-order valence-corrected chi connectivity index (χ0v) is 15.2. The van der Waals surface area contributed by atoms with Crippen molar-refractivity contribution in [3.05, 3.63) is 82.7 Å². The van der Waals surface area contributed by atoms with E-state index in [1.165, 1.54) is 5.56 Å². The van der Waals surface area contributed by atoms with Crippen molar-refractivity contribution in [2.24, 2.45) is 0 Å². The molecule has 1 aromatic heterocycles. The number of rotatable bonds is 5. The SMILES string of the molecule is Cc1cccc(CNc2nccc(C(=O)Nc3ccc(C)cc3C)n2)c1. The smallest absolute Gasteiger partial charge is 0.274 e. The van der Waals surface area contributed by atoms with Crippen LogP contribution in [-0.2, 0) is 6.54 Å². The number of hydrogen-bond acceptors (Lipinski definition) is 4. The van der Waals surface area contributed by atoms with Crippen molar-refractivity contribution in [3.63, 3.8) is 0 Å². The molecule has 2 N–H and O–H groups in total. The molecule has 0 spiro atoms. The molecule has 2 aromatic carbocycles. The summed E-state index contributed by atoms with van der Waals surface area (Å²) >= 11 is 0. The summed E-state index contributed by atoms with van der Waals surface area (Å²) in [7, 11) is 0. The van der Waals surface area contributed by atoms with Gasteiger partial charge in [0.05, 0.1) is 0 Å². The summed E-state index contributed by atoms with van der Waals surface area (Å²) in [6, 6.07) is 15.7. The van der Waals surface area contributed by atoms with Gasteiger partial charge in [0, 0.05) is 18.4 Å². The molecule has 1 heterocycles. The molecule has 0 aliphatic heterocycles. The van der Waals surface area contributed by atoms with Gasteiger partial charge >= 0.3 is 0 Å². The van der Waals surface area contributed by atoms with Gasteiger partial charge in [-0.25, -0.2) is 9.97 Å². The van der Waals surface area contributed by atoms with Crippen molar-refractivity contribution in [1.29, 1.82) is 0 Å². The van der Waals surface area contributed by atoms with Crippen LogP contribution >= 0.6 is 0 Å². The number of amides is 1. The van der Waals surface area contributed by atoms with E-state index in [0.29, 0.717) is 18.2 Å². The number of anilines is 2. The highest BCUT2D eigenvalue weighted by Crippen LogP contribution is 2.17. The second-order valence-electron chi connectivity index (χ2n) is 6.38. The molecule has 0 saturated heterocycles. The fraction of sp³-hybridized carbons (Fsp3) is 0.190. The van der Waals surface area contributed by atoms with Gasteiger partial charge in [0.2, 0.25) is 5.95 Å². The molecule has 0 bridgehead atoms. The normalized spacial score (nSPS) is 10.4. The van der Waals surface area contributed by atoms with Crippen LogP contribution in [0.2, 0.25) is 0 Å². The van der Waals surface area contributed by atoms with Gasteiger partial charge in [0.1, 0.15) is 5.69 Å². The molecular weight excluding hydrogens is 324 g/mol. The average molecular weight is 346 g/mol. The molecule has 0 fully saturated rings. The van der Waals surface area contributed by atoms with E-state index in [1.807, 2.05) is 44.2 Å². The Balaban J connectivity index is 1.69. The molecule has 0 saturated carbocycles. The van der Waals surface area contributed by atoms with Gasteiger partial charge in [-0.15, -0.1) is 0 Å². The van der Waals surface area contributed by atoms with Crippen molar-refractivity contribution < 1.29 is 4.79 Å². The summed E-state index contributed by atoms with van der Waals surface area (Å²) in [5.41, 5.74) is 5.63. The fourth-order valence-electron chi connectivity index (χ4n) is 2.71. The third-order valence-corrected chi connectivity index (χ3v) is 4.05. The summed E-state index contributed by atoms with van der Waals surface area (Å²) < 4.78 is 0. The van der Waals surface area contributed by atoms with E-state index in [-0.39, 0.29) is 5.91 Å². The van der Waals surface area contributed by atoms with E-state index in [1.54, 1.807) is 12.3 Å². The first-order chi connectivity index (χ1) is 12.5. The average Bonchev–Trinajstić information content (AvgIpc) is 2.62. The van der Waals surface area contributed by atoms with Gasteiger partial charge in [0.25, 0.3) is 5.91 Å². The molecular formula is C21H22N4O. The van der Waals surface area contributed by atoms with Crippen LogP contribution in [0, 0.1) is 20.8 Å². The Morgan fingerprint density at radius 2 is 1.81 bits per heavy atom. The molecule has 0 atom stereocenters. The zero-order chi connectivity index (χ0) is 18.5. The van der Waals surface area contributed by atoms with Gasteiger partial charge in [-0.2, -0.15) is 0 Å². The van der Waals surface area contributed by atoms with Crippen molar-refractivity contribution >= 4 is 17.5 Å². The van der Waals surface area contributed by atoms with Gasteiger partial charge in [-0.3, -0.25) is 4.79 Å². The first kappa shape index (κ1) is 17.6. The summed E-state index contributed by atoms with van der Waals surface area (Å²) in [6.45, 7) is 6.65. The Hall–Kier alpha value is -3.21. The van der Waals surface area contributed by atoms with E-state index in [4.69, 9.17) is 0 Å². The highest BCUT2D eigenvalue weighted by molar-refractivity contribution is 6.03. The maximum absolute atomic E-state index is 12.5. The summed E-state index contributed by atoms with van der Waals surface area (Å²) in [6.07, 6.45) is 1.59. The van der Waals surface area contributed by atoms with Crippen molar-refractivity contribution in [1.82, 2.24) is 9.97 Å². The number of carbonyl (C=O) groups excluding carboxylic acids is 1. The van der Waals surface area contributed by atoms with Crippen LogP contribution in [0.3, 0.4) is 0 Å². The lowest BCUT2D eigenvalue weighted by atomic mass is 10.1. The van der Waals surface area contributed by atoms with Crippen LogP contribution < -0.4 is 10.6 Å². The monoisotopic (exact) mass is 346 g/mol. The van der Waals surface area contributed by atoms with Gasteiger partial charge < -0.3 is 10.6 Å². The molecule has 1 amide bonds. The van der Waals surface area contributed by atoms with Gasteiger partial charge in [-0.1, -0.05) is 47.5 Å². The van der Waals surface area contributed by atoms with Crippen molar-refractivity contribution in [2.45, 2.75) is 27.3 Å². The molecule has 0 aliphatic carbocycles. The van der Waals surface area contributed by atoms with E-state index in [0.717, 1.165) is 22.4 Å². The number of benzene rings is 2. The van der Waals surface area contributed by atoms with E-state index < -0.39 is 0 Å². The predicted molar refractivity (Wildman–Crippen MR) is 104 cm³/mol. The minimum atomic E-state index is -0.252. The quantitative estimate of drug-likeness (QED) is 0.724. The highest BCUT2D eigenvalue weighted by Gasteiger charge is 2.10. The van der Waals surface area contributed by atoms with Crippen LogP contribution in [-0.4, -0.2) is 15.9 Å². The number of aryl methyl sites for hydroxylation is 3. The standard InChI is InChI=1S/C21H22N4O/c1-14-5-4-6-17(12-14)13-23-21-22-10-9-19(25-21)20(26)24-18-8-7-15(2)11-16(18)3/h4-12H,13H2,1-3H3,(H,24,26)(H,22,23,25). The lowest BCUT2D eigenvalue weighted by molar-refractivity contribution is 0.102. The van der Waals surface area contributed by atoms with Crippen LogP contribution in [0.25, 0.3) is 0 Å². The Morgan fingerprint density at radius 1 is 1.00 bits per heavy atom. The molecule has 0 radical (unpaired) electrons. The van der Waals surface area contributed by atoms with Crippen molar-refractivity contribution in [3.8, 4) is 0 Å². The molecule has 0 unspecified atom stereocenters. The van der Waals surface area contributed by atoms with E-state index >= 15 is 0 Å². The van der Waals surface area contributed by atoms with Gasteiger partial charge in [0.15, 0.2) is 0 Å². The second kappa shape index (κ2) is 7.78. The Bertz CT molecular complexity index is 937. The number of nitrogens with zero attached hydrogens (tertiary/aromatic N) is 2. The minimum Gasteiger partial charge on any atom is -0.350 e. The topological polar surface area (TPSA) is 66.9 Å². The Morgan fingerprint density at radius 3 is 2.58 bits per heavy atom. The Labute approximate surface area is 153 Å². The molecule has 0 aliphatic rings. The first-order valence-corrected chi connectivity index (χ1v) is 8.52. The lowest BCUT2D eigenvalue weighted by Crippen LogP contribution is -2.16. The number of aromatic nitrogens is 2. The van der Waals surface area contributed by atoms with Crippen LogP contribution in [0.4, 0.5) is 11.6 Å². The summed E-state index contributed by atoms with van der Waals surface area (Å²) in [5.74, 6) is 0.178. The zero-order valence-electron chi connectivity index (χ0n) is 15.2. The molecule has 132 valence electrons. The number of hydrogen-bond donors (Lipinski definition) is 2. The molecule has 5 heteroatoms. The van der Waals surface area contributed by atoms with Crippen molar-refractivity contribution in [2.75, 3.05) is 10.6 Å². The largest absolute Gasteiger partial charge is 0.350 e. The van der Waals surface area contributed by atoms with E-state index in [9.17, 15) is 4.79 Å². The summed E-state index contributed by atoms with van der Waals surface area (Å²) in [5, 5.41) is 6.07. The number of carbonyl (C=O) groups is 1. The molecule has 3 aromatic rings. The Kier molecular flexibility index (Phi) is 5.27. The predicted octanol–water partition coefficient (Wildman–Crippen LogP) is 4.27. The lowest BCUT2D eigenvalue weighted by Gasteiger charge is -2.10. The summed E-state index contributed by atoms with van der Waals surface area (Å²) in [4.78, 5) is 21.0. The molecule has 5 nitrogen and oxygen atoms in total. The third-order valence-electron chi connectivity index (χ3n) is 4.05. The third kappa shape index (κ3) is 4.45. The number of nitrogens with one attached hydrogen (secondary N) is 2. The van der Waals surface area contributed by atoms with Crippen LogP contribution in [0.5, 0.6) is 0 Å². The first-order valence-electron chi connectivity index (χ1n) is 8.52. The fourth-order valence-corrected chi connectivity index (χ4v) is 2.71. The van der Waals surface area contributed by atoms with E-state index in [2.05, 4.69) is 39.7 Å². The maximum Gasteiger partial charge on any atom is 0.274 e. The second-order valence-corrected chi connectivity index (χ2v) is 6.38. The van der Waals surface area contributed by atoms with Crippen LogP contribution in [0.1, 0.15) is 32.7 Å². The maximum atomic E-state index is 12.5. The van der Waals surface area contributed by atoms with Gasteiger partial charge in [-0.05, 0) is 44.0 Å². The minimum absolute atomic E-state index is 0.252. The van der Waals surface area contributed by atoms with Crippen LogP contribution in [0.15, 0.2) is 54.7 Å². The molecule has 26 heavy (non-hydrogen) atoms. The highest BCUT2D eigenvalue weighted by atomic mass is 16.1.